The molecule has 1 fully saturated rings. The lowest BCUT2D eigenvalue weighted by Gasteiger charge is -2.18. The van der Waals surface area contributed by atoms with E-state index in [4.69, 9.17) is 9.47 Å². The van der Waals surface area contributed by atoms with Gasteiger partial charge in [0.25, 0.3) is 0 Å². The van der Waals surface area contributed by atoms with E-state index >= 15 is 0 Å². The lowest BCUT2D eigenvalue weighted by molar-refractivity contribution is 0.0947. The van der Waals surface area contributed by atoms with Crippen molar-refractivity contribution in [1.82, 2.24) is 0 Å². The number of hydrogen-bond donors (Lipinski definition) is 0. The molecule has 3 rings (SSSR count). The van der Waals surface area contributed by atoms with E-state index in [-0.39, 0.29) is 6.61 Å². The molecule has 1 aliphatic heterocycles. The first-order valence-electron chi connectivity index (χ1n) is 7.69. The third kappa shape index (κ3) is 4.14. The SMILES string of the molecule is O=C1OCC(C#CCCc2ccccc2)(Cc2ccccc2)O1. The molecule has 0 radical (unpaired) electrons. The molecule has 1 atom stereocenters. The average molecular weight is 306 g/mol. The zero-order chi connectivity index (χ0) is 16.0. The van der Waals surface area contributed by atoms with Gasteiger partial charge in [-0.1, -0.05) is 72.5 Å². The number of rotatable bonds is 4. The van der Waals surface area contributed by atoms with Crippen molar-refractivity contribution in [1.29, 1.82) is 0 Å². The third-order valence-electron chi connectivity index (χ3n) is 3.73. The number of carbonyl (C=O) groups is 1. The summed E-state index contributed by atoms with van der Waals surface area (Å²) in [5.74, 6) is 6.28. The van der Waals surface area contributed by atoms with E-state index < -0.39 is 11.8 Å². The first-order valence-corrected chi connectivity index (χ1v) is 7.69. The van der Waals surface area contributed by atoms with Crippen molar-refractivity contribution < 1.29 is 14.3 Å². The Hall–Kier alpha value is -2.73. The Balaban J connectivity index is 1.68. The topological polar surface area (TPSA) is 35.5 Å². The molecule has 1 aliphatic rings. The standard InChI is InChI=1S/C20H18O3/c21-19-22-16-20(23-19,15-18-12-5-2-6-13-18)14-8-7-11-17-9-3-1-4-10-17/h1-6,9-10,12-13H,7,11,15-16H2. The molecule has 2 aromatic rings. The van der Waals surface area contributed by atoms with Crippen LogP contribution >= 0.6 is 0 Å². The van der Waals surface area contributed by atoms with Gasteiger partial charge in [-0.3, -0.25) is 0 Å². The molecule has 0 spiro atoms. The van der Waals surface area contributed by atoms with E-state index in [1.807, 2.05) is 48.5 Å². The van der Waals surface area contributed by atoms with Gasteiger partial charge in [0.1, 0.15) is 6.61 Å². The summed E-state index contributed by atoms with van der Waals surface area (Å²) in [5, 5.41) is 0. The van der Waals surface area contributed by atoms with Crippen LogP contribution in [-0.2, 0) is 22.3 Å². The molecule has 3 heteroatoms. The zero-order valence-corrected chi connectivity index (χ0v) is 12.8. The monoisotopic (exact) mass is 306 g/mol. The number of aryl methyl sites for hydroxylation is 1. The highest BCUT2D eigenvalue weighted by molar-refractivity contribution is 5.64. The summed E-state index contributed by atoms with van der Waals surface area (Å²) >= 11 is 0. The molecule has 0 aromatic heterocycles. The Morgan fingerprint density at radius 1 is 0.957 bits per heavy atom. The number of hydrogen-bond acceptors (Lipinski definition) is 3. The zero-order valence-electron chi connectivity index (χ0n) is 12.8. The van der Waals surface area contributed by atoms with Crippen molar-refractivity contribution in [3.8, 4) is 11.8 Å². The Bertz CT molecular complexity index is 713. The average Bonchev–Trinajstić information content (AvgIpc) is 2.95. The predicted molar refractivity (Wildman–Crippen MR) is 87.8 cm³/mol. The van der Waals surface area contributed by atoms with E-state index in [1.165, 1.54) is 5.56 Å². The van der Waals surface area contributed by atoms with Crippen molar-refractivity contribution in [2.75, 3.05) is 6.61 Å². The summed E-state index contributed by atoms with van der Waals surface area (Å²) in [7, 11) is 0. The van der Waals surface area contributed by atoms with Crippen molar-refractivity contribution in [2.24, 2.45) is 0 Å². The fourth-order valence-electron chi connectivity index (χ4n) is 2.59. The molecule has 0 saturated carbocycles. The van der Waals surface area contributed by atoms with Crippen LogP contribution in [0, 0.1) is 11.8 Å². The maximum Gasteiger partial charge on any atom is 0.510 e. The lowest BCUT2D eigenvalue weighted by atomic mass is 9.95. The first-order chi connectivity index (χ1) is 11.3. The highest BCUT2D eigenvalue weighted by Gasteiger charge is 2.41. The first kappa shape index (κ1) is 15.2. The third-order valence-corrected chi connectivity index (χ3v) is 3.73. The van der Waals surface area contributed by atoms with E-state index in [2.05, 4.69) is 24.0 Å². The maximum absolute atomic E-state index is 11.4. The summed E-state index contributed by atoms with van der Waals surface area (Å²) in [5.41, 5.74) is 1.46. The molecule has 2 aromatic carbocycles. The smallest absolute Gasteiger partial charge is 0.429 e. The van der Waals surface area contributed by atoms with E-state index in [1.54, 1.807) is 0 Å². The number of ether oxygens (including phenoxy) is 2. The Labute approximate surface area is 136 Å². The maximum atomic E-state index is 11.4. The second-order valence-electron chi connectivity index (χ2n) is 5.58. The van der Waals surface area contributed by atoms with Crippen LogP contribution in [0.25, 0.3) is 0 Å². The van der Waals surface area contributed by atoms with Gasteiger partial charge in [-0.15, -0.1) is 0 Å². The highest BCUT2D eigenvalue weighted by Crippen LogP contribution is 2.24. The van der Waals surface area contributed by atoms with Crippen molar-refractivity contribution >= 4 is 6.16 Å². The van der Waals surface area contributed by atoms with Gasteiger partial charge in [0.2, 0.25) is 5.60 Å². The van der Waals surface area contributed by atoms with E-state index in [9.17, 15) is 4.79 Å². The van der Waals surface area contributed by atoms with E-state index in [0.29, 0.717) is 6.42 Å². The molecular weight excluding hydrogens is 288 g/mol. The van der Waals surface area contributed by atoms with Crippen LogP contribution in [0.1, 0.15) is 17.5 Å². The molecule has 23 heavy (non-hydrogen) atoms. The summed E-state index contributed by atoms with van der Waals surface area (Å²) in [6.07, 6.45) is 1.50. The summed E-state index contributed by atoms with van der Waals surface area (Å²) in [4.78, 5) is 11.4. The van der Waals surface area contributed by atoms with Crippen LogP contribution in [-0.4, -0.2) is 18.4 Å². The summed E-state index contributed by atoms with van der Waals surface area (Å²) < 4.78 is 10.4. The Morgan fingerprint density at radius 3 is 2.22 bits per heavy atom. The quantitative estimate of drug-likeness (QED) is 0.637. The predicted octanol–water partition coefficient (Wildman–Crippen LogP) is 3.77. The van der Waals surface area contributed by atoms with Gasteiger partial charge >= 0.3 is 6.16 Å². The Kier molecular flexibility index (Phi) is 4.63. The molecule has 1 heterocycles. The number of cyclic esters (lactones) is 2. The van der Waals surface area contributed by atoms with Crippen molar-refractivity contribution in [3.05, 3.63) is 71.8 Å². The van der Waals surface area contributed by atoms with Crippen LogP contribution in [0.4, 0.5) is 4.79 Å². The molecule has 1 saturated heterocycles. The molecule has 1 unspecified atom stereocenters. The van der Waals surface area contributed by atoms with Crippen molar-refractivity contribution in [2.45, 2.75) is 24.9 Å². The van der Waals surface area contributed by atoms with Crippen LogP contribution in [0.5, 0.6) is 0 Å². The van der Waals surface area contributed by atoms with Crippen molar-refractivity contribution in [3.63, 3.8) is 0 Å². The van der Waals surface area contributed by atoms with Gasteiger partial charge in [-0.05, 0) is 17.5 Å². The second kappa shape index (κ2) is 7.02. The summed E-state index contributed by atoms with van der Waals surface area (Å²) in [6.45, 7) is 0.180. The minimum absolute atomic E-state index is 0.180. The molecule has 116 valence electrons. The molecule has 0 bridgehead atoms. The molecule has 0 aliphatic carbocycles. The molecular formula is C20H18O3. The second-order valence-corrected chi connectivity index (χ2v) is 5.58. The van der Waals surface area contributed by atoms with Gasteiger partial charge in [0, 0.05) is 12.8 Å². The highest BCUT2D eigenvalue weighted by atomic mass is 16.8. The summed E-state index contributed by atoms with van der Waals surface area (Å²) in [6, 6.07) is 20.1. The minimum Gasteiger partial charge on any atom is -0.429 e. The van der Waals surface area contributed by atoms with Gasteiger partial charge in [0.15, 0.2) is 0 Å². The number of benzene rings is 2. The van der Waals surface area contributed by atoms with Crippen LogP contribution in [0.15, 0.2) is 60.7 Å². The van der Waals surface area contributed by atoms with Crippen LogP contribution < -0.4 is 0 Å². The molecule has 0 amide bonds. The van der Waals surface area contributed by atoms with E-state index in [0.717, 1.165) is 18.4 Å². The fourth-order valence-corrected chi connectivity index (χ4v) is 2.59. The lowest BCUT2D eigenvalue weighted by Crippen LogP contribution is -2.32. The Morgan fingerprint density at radius 2 is 1.61 bits per heavy atom. The van der Waals surface area contributed by atoms with Crippen LogP contribution in [0.2, 0.25) is 0 Å². The minimum atomic E-state index is -0.866. The molecule has 0 N–H and O–H groups in total. The normalized spacial score (nSPS) is 19.4. The van der Waals surface area contributed by atoms with Gasteiger partial charge < -0.3 is 9.47 Å². The van der Waals surface area contributed by atoms with Gasteiger partial charge in [-0.25, -0.2) is 4.79 Å². The van der Waals surface area contributed by atoms with Gasteiger partial charge in [-0.2, -0.15) is 0 Å². The number of carbonyl (C=O) groups excluding carboxylic acids is 1. The van der Waals surface area contributed by atoms with Crippen LogP contribution in [0.3, 0.4) is 0 Å². The fraction of sp³-hybridized carbons (Fsp3) is 0.250. The molecule has 3 nitrogen and oxygen atoms in total. The largest absolute Gasteiger partial charge is 0.510 e. The van der Waals surface area contributed by atoms with Gasteiger partial charge in [0.05, 0.1) is 0 Å².